The van der Waals surface area contributed by atoms with Gasteiger partial charge in [-0.15, -0.1) is 0 Å². The number of fused-ring (bicyclic) bond motifs is 1. The summed E-state index contributed by atoms with van der Waals surface area (Å²) < 4.78 is 1.79. The first-order valence-electron chi connectivity index (χ1n) is 9.17. The van der Waals surface area contributed by atoms with Crippen LogP contribution in [-0.4, -0.2) is 27.5 Å². The van der Waals surface area contributed by atoms with E-state index in [9.17, 15) is 9.59 Å². The molecule has 0 radical (unpaired) electrons. The van der Waals surface area contributed by atoms with Crippen molar-refractivity contribution in [3.05, 3.63) is 20.2 Å². The summed E-state index contributed by atoms with van der Waals surface area (Å²) in [5.74, 6) is 0.856. The van der Waals surface area contributed by atoms with Gasteiger partial charge in [-0.25, -0.2) is 0 Å². The first-order chi connectivity index (χ1) is 11.1. The normalized spacial score (nSPS) is 22.3. The number of hydrogen-bond donors (Lipinski definition) is 0. The van der Waals surface area contributed by atoms with Crippen molar-refractivity contribution in [3.8, 4) is 0 Å². The van der Waals surface area contributed by atoms with Crippen molar-refractivity contribution in [1.82, 2.24) is 9.47 Å². The second-order valence-electron chi connectivity index (χ2n) is 7.49. The first-order valence-corrected chi connectivity index (χ1v) is 9.99. The van der Waals surface area contributed by atoms with E-state index in [-0.39, 0.29) is 17.3 Å². The van der Waals surface area contributed by atoms with Crippen LogP contribution in [-0.2, 0) is 24.2 Å². The summed E-state index contributed by atoms with van der Waals surface area (Å²) in [5.41, 5.74) is 1.15. The van der Waals surface area contributed by atoms with Gasteiger partial charge < -0.3 is 4.90 Å². The Morgan fingerprint density at radius 1 is 1.22 bits per heavy atom. The topological polar surface area (TPSA) is 42.3 Å². The third-order valence-corrected chi connectivity index (χ3v) is 6.74. The van der Waals surface area contributed by atoms with Crippen LogP contribution in [0.1, 0.15) is 62.4 Å². The molecule has 2 fully saturated rings. The van der Waals surface area contributed by atoms with Gasteiger partial charge in [-0.05, 0) is 64.2 Å². The van der Waals surface area contributed by atoms with E-state index in [2.05, 4.69) is 11.8 Å². The molecular weight excluding hydrogens is 308 g/mol. The maximum Gasteiger partial charge on any atom is 0.308 e. The Hall–Kier alpha value is -1.10. The number of rotatable bonds is 5. The number of aromatic nitrogens is 1. The molecule has 0 N–H and O–H groups in total. The average molecular weight is 334 g/mol. The molecule has 3 aliphatic rings. The zero-order valence-corrected chi connectivity index (χ0v) is 14.7. The lowest BCUT2D eigenvalue weighted by atomic mass is 10.1. The maximum absolute atomic E-state index is 13.0. The molecular formula is C18H26N2O2S. The molecule has 0 aliphatic heterocycles. The van der Waals surface area contributed by atoms with Crippen molar-refractivity contribution in [1.29, 1.82) is 0 Å². The monoisotopic (exact) mass is 334 g/mol. The fraction of sp³-hybridized carbons (Fsp3) is 0.778. The first kappa shape index (κ1) is 15.4. The van der Waals surface area contributed by atoms with Crippen molar-refractivity contribution in [3.63, 3.8) is 0 Å². The average Bonchev–Trinajstić information content (AvgIpc) is 3.38. The molecule has 1 atom stereocenters. The lowest BCUT2D eigenvalue weighted by Gasteiger charge is -2.30. The zero-order valence-electron chi connectivity index (χ0n) is 13.9. The van der Waals surface area contributed by atoms with Crippen LogP contribution in [0, 0.1) is 5.92 Å². The van der Waals surface area contributed by atoms with Crippen LogP contribution in [0.25, 0.3) is 0 Å². The van der Waals surface area contributed by atoms with Crippen molar-refractivity contribution in [2.45, 2.75) is 83.3 Å². The second kappa shape index (κ2) is 6.08. The molecule has 0 spiro atoms. The minimum Gasteiger partial charge on any atom is -0.335 e. The molecule has 126 valence electrons. The molecule has 1 aromatic heterocycles. The number of hydrogen-bond acceptors (Lipinski definition) is 3. The molecule has 4 rings (SSSR count). The third kappa shape index (κ3) is 3.12. The van der Waals surface area contributed by atoms with Crippen molar-refractivity contribution in [2.24, 2.45) is 5.92 Å². The highest BCUT2D eigenvalue weighted by Crippen LogP contribution is 2.39. The Morgan fingerprint density at radius 3 is 2.65 bits per heavy atom. The maximum atomic E-state index is 13.0. The Morgan fingerprint density at radius 2 is 1.96 bits per heavy atom. The van der Waals surface area contributed by atoms with Gasteiger partial charge in [0.15, 0.2) is 0 Å². The summed E-state index contributed by atoms with van der Waals surface area (Å²) in [6, 6.07) is 0.786. The van der Waals surface area contributed by atoms with E-state index in [1.807, 2.05) is 0 Å². The Labute approximate surface area is 141 Å². The van der Waals surface area contributed by atoms with E-state index in [0.717, 1.165) is 37.8 Å². The highest BCUT2D eigenvalue weighted by molar-refractivity contribution is 7.09. The smallest absolute Gasteiger partial charge is 0.308 e. The largest absolute Gasteiger partial charge is 0.335 e. The van der Waals surface area contributed by atoms with E-state index >= 15 is 0 Å². The van der Waals surface area contributed by atoms with Crippen molar-refractivity contribution >= 4 is 17.2 Å². The quantitative estimate of drug-likeness (QED) is 0.777. The van der Waals surface area contributed by atoms with Crippen LogP contribution in [0.4, 0.5) is 0 Å². The number of carbonyl (C=O) groups excluding carboxylic acids is 1. The summed E-state index contributed by atoms with van der Waals surface area (Å²) in [5, 5.41) is 0. The molecule has 1 heterocycles. The van der Waals surface area contributed by atoms with Crippen LogP contribution in [0.3, 0.4) is 0 Å². The molecule has 1 unspecified atom stereocenters. The Balaban J connectivity index is 1.56. The van der Waals surface area contributed by atoms with Crippen LogP contribution < -0.4 is 4.87 Å². The fourth-order valence-electron chi connectivity index (χ4n) is 4.00. The predicted octanol–water partition coefficient (Wildman–Crippen LogP) is 2.97. The minimum atomic E-state index is 0.0695. The van der Waals surface area contributed by atoms with Gasteiger partial charge in [-0.2, -0.15) is 0 Å². The highest BCUT2D eigenvalue weighted by Gasteiger charge is 2.41. The van der Waals surface area contributed by atoms with Gasteiger partial charge in [-0.1, -0.05) is 17.8 Å². The fourth-order valence-corrected chi connectivity index (χ4v) is 5.08. The van der Waals surface area contributed by atoms with Gasteiger partial charge in [0.1, 0.15) is 6.54 Å². The van der Waals surface area contributed by atoms with E-state index in [0.29, 0.717) is 18.0 Å². The van der Waals surface area contributed by atoms with Crippen molar-refractivity contribution in [2.75, 3.05) is 0 Å². The number of carbonyl (C=O) groups is 1. The summed E-state index contributed by atoms with van der Waals surface area (Å²) >= 11 is 1.37. The van der Waals surface area contributed by atoms with E-state index in [1.54, 1.807) is 4.57 Å². The SMILES string of the molecule is CC(C1CC1)N(C(=O)Cn1c2c(sc1=O)CCCCC2)C1CC1. The Kier molecular flexibility index (Phi) is 4.08. The minimum absolute atomic E-state index is 0.0695. The van der Waals surface area contributed by atoms with E-state index in [4.69, 9.17) is 0 Å². The number of thiazole rings is 1. The molecule has 0 saturated heterocycles. The number of amides is 1. The van der Waals surface area contributed by atoms with Gasteiger partial charge >= 0.3 is 4.87 Å². The summed E-state index contributed by atoms with van der Waals surface area (Å²) in [7, 11) is 0. The molecule has 23 heavy (non-hydrogen) atoms. The summed E-state index contributed by atoms with van der Waals surface area (Å²) in [6.45, 7) is 2.46. The molecule has 2 saturated carbocycles. The lowest BCUT2D eigenvalue weighted by molar-refractivity contribution is -0.135. The van der Waals surface area contributed by atoms with Gasteiger partial charge in [-0.3, -0.25) is 14.2 Å². The molecule has 1 aromatic rings. The highest BCUT2D eigenvalue weighted by atomic mass is 32.1. The molecule has 0 bridgehead atoms. The Bertz CT molecular complexity index is 654. The molecule has 4 nitrogen and oxygen atoms in total. The van der Waals surface area contributed by atoms with Crippen LogP contribution in [0.2, 0.25) is 0 Å². The third-order valence-electron chi connectivity index (χ3n) is 5.66. The van der Waals surface area contributed by atoms with Gasteiger partial charge in [0, 0.05) is 22.7 Å². The summed E-state index contributed by atoms with van der Waals surface area (Å²) in [4.78, 5) is 28.8. The van der Waals surface area contributed by atoms with Crippen LogP contribution in [0.15, 0.2) is 4.79 Å². The zero-order chi connectivity index (χ0) is 16.0. The molecule has 3 aliphatic carbocycles. The van der Waals surface area contributed by atoms with Crippen LogP contribution >= 0.6 is 11.3 Å². The molecule has 0 aromatic carbocycles. The van der Waals surface area contributed by atoms with Crippen LogP contribution in [0.5, 0.6) is 0 Å². The molecule has 1 amide bonds. The lowest BCUT2D eigenvalue weighted by Crippen LogP contribution is -2.44. The van der Waals surface area contributed by atoms with E-state index < -0.39 is 0 Å². The molecule has 5 heteroatoms. The van der Waals surface area contributed by atoms with E-state index in [1.165, 1.54) is 41.9 Å². The van der Waals surface area contributed by atoms with Gasteiger partial charge in [0.05, 0.1) is 0 Å². The van der Waals surface area contributed by atoms with Gasteiger partial charge in [0.25, 0.3) is 0 Å². The standard InChI is InChI=1S/C18H26N2O2S/c1-12(13-7-8-13)20(14-9-10-14)17(21)11-19-15-5-3-2-4-6-16(15)23-18(19)22/h12-14H,2-11H2,1H3. The van der Waals surface area contributed by atoms with Gasteiger partial charge in [0.2, 0.25) is 5.91 Å². The van der Waals surface area contributed by atoms with Crippen molar-refractivity contribution < 1.29 is 4.79 Å². The summed E-state index contributed by atoms with van der Waals surface area (Å²) in [6.07, 6.45) is 10.3. The predicted molar refractivity (Wildman–Crippen MR) is 91.9 cm³/mol. The second-order valence-corrected chi connectivity index (χ2v) is 8.54. The number of nitrogens with zero attached hydrogens (tertiary/aromatic N) is 2. The number of aryl methyl sites for hydroxylation is 1.